The number of amides is 2. The highest BCUT2D eigenvalue weighted by Gasteiger charge is 2.24. The Labute approximate surface area is 211 Å². The minimum Gasteiger partial charge on any atom is -0.351 e. The molecule has 0 spiro atoms. The maximum atomic E-state index is 13.3. The van der Waals surface area contributed by atoms with Crippen LogP contribution in [0.2, 0.25) is 5.02 Å². The number of H-pyrrole nitrogens is 1. The topological polar surface area (TPSA) is 96.0 Å². The quantitative estimate of drug-likeness (QED) is 0.306. The number of aromatic amines is 1. The van der Waals surface area contributed by atoms with Crippen LogP contribution in [0.15, 0.2) is 108 Å². The van der Waals surface area contributed by atoms with Gasteiger partial charge in [0, 0.05) is 39.6 Å². The van der Waals surface area contributed by atoms with Crippen LogP contribution in [0.1, 0.15) is 22.1 Å². The molecule has 3 N–H and O–H groups in total. The molecule has 8 heteroatoms. The van der Waals surface area contributed by atoms with Crippen LogP contribution in [-0.2, 0) is 4.79 Å². The number of carbonyl (C=O) groups excluding carboxylic acids is 2. The number of hydrogen-bond donors (Lipinski definition) is 3. The number of benzene rings is 3. The summed E-state index contributed by atoms with van der Waals surface area (Å²) in [4.78, 5) is 41.5. The molecular weight excluding hydrogens is 476 g/mol. The van der Waals surface area contributed by atoms with E-state index in [9.17, 15) is 14.4 Å². The highest BCUT2D eigenvalue weighted by atomic mass is 35.5. The Morgan fingerprint density at radius 3 is 2.36 bits per heavy atom. The lowest BCUT2D eigenvalue weighted by Crippen LogP contribution is -2.37. The fourth-order valence-electron chi connectivity index (χ4n) is 3.94. The van der Waals surface area contributed by atoms with Crippen LogP contribution in [0, 0.1) is 0 Å². The Morgan fingerprint density at radius 2 is 1.61 bits per heavy atom. The largest absolute Gasteiger partial charge is 0.351 e. The predicted molar refractivity (Wildman–Crippen MR) is 141 cm³/mol. The van der Waals surface area contributed by atoms with Crippen molar-refractivity contribution in [1.82, 2.24) is 14.9 Å². The summed E-state index contributed by atoms with van der Waals surface area (Å²) in [6, 6.07) is 26.9. The molecule has 2 aromatic heterocycles. The molecule has 0 saturated carbocycles. The summed E-state index contributed by atoms with van der Waals surface area (Å²) in [7, 11) is 0. The van der Waals surface area contributed by atoms with Crippen LogP contribution in [0.25, 0.3) is 16.6 Å². The second kappa shape index (κ2) is 9.93. The zero-order valence-corrected chi connectivity index (χ0v) is 19.7. The third kappa shape index (κ3) is 4.92. The number of aromatic nitrogens is 2. The first kappa shape index (κ1) is 23.1. The van der Waals surface area contributed by atoms with E-state index >= 15 is 0 Å². The molecule has 0 saturated heterocycles. The molecule has 1 atom stereocenters. The lowest BCUT2D eigenvalue weighted by molar-refractivity contribution is -0.118. The summed E-state index contributed by atoms with van der Waals surface area (Å²) in [6.07, 6.45) is 1.68. The minimum atomic E-state index is -0.940. The molecule has 178 valence electrons. The lowest BCUT2D eigenvalue weighted by Gasteiger charge is -2.19. The molecule has 7 nitrogen and oxygen atoms in total. The van der Waals surface area contributed by atoms with E-state index < -0.39 is 17.9 Å². The smallest absolute Gasteiger partial charge is 0.268 e. The molecule has 5 rings (SSSR count). The summed E-state index contributed by atoms with van der Waals surface area (Å²) in [5.74, 6) is -0.830. The second-order valence-corrected chi connectivity index (χ2v) is 8.61. The van der Waals surface area contributed by atoms with Gasteiger partial charge in [0.2, 0.25) is 0 Å². The van der Waals surface area contributed by atoms with E-state index in [1.807, 2.05) is 6.07 Å². The van der Waals surface area contributed by atoms with Gasteiger partial charge in [-0.05, 0) is 60.2 Å². The molecule has 0 radical (unpaired) electrons. The predicted octanol–water partition coefficient (Wildman–Crippen LogP) is 5.08. The van der Waals surface area contributed by atoms with Crippen LogP contribution in [0.4, 0.5) is 5.69 Å². The fourth-order valence-corrected chi connectivity index (χ4v) is 4.12. The molecule has 0 aliphatic rings. The van der Waals surface area contributed by atoms with Crippen molar-refractivity contribution >= 4 is 40.0 Å². The number of nitrogens with zero attached hydrogens (tertiary/aromatic N) is 1. The molecule has 36 heavy (non-hydrogen) atoms. The highest BCUT2D eigenvalue weighted by Crippen LogP contribution is 2.22. The summed E-state index contributed by atoms with van der Waals surface area (Å²) in [5, 5.41) is 7.05. The van der Waals surface area contributed by atoms with Gasteiger partial charge in [-0.1, -0.05) is 48.0 Å². The molecule has 2 heterocycles. The van der Waals surface area contributed by atoms with Gasteiger partial charge in [-0.3, -0.25) is 19.0 Å². The zero-order chi connectivity index (χ0) is 25.1. The third-order valence-corrected chi connectivity index (χ3v) is 5.97. The molecule has 2 amide bonds. The van der Waals surface area contributed by atoms with Crippen molar-refractivity contribution < 1.29 is 9.59 Å². The minimum absolute atomic E-state index is 0.152. The number of hydrogen-bond acceptors (Lipinski definition) is 3. The summed E-state index contributed by atoms with van der Waals surface area (Å²) in [6.45, 7) is 0. The van der Waals surface area contributed by atoms with E-state index in [4.69, 9.17) is 11.6 Å². The molecular formula is C28H21ClN4O3. The van der Waals surface area contributed by atoms with Crippen LogP contribution in [0.3, 0.4) is 0 Å². The Bertz CT molecular complexity index is 1610. The number of carbonyl (C=O) groups is 2. The second-order valence-electron chi connectivity index (χ2n) is 8.18. The SMILES string of the molecule is O=C(NC(C(=O)Nc1ccc(-n2ccccc2=O)cc1)c1ccccc1)c1cc2cc(Cl)ccc2[nH]1. The molecule has 1 unspecified atom stereocenters. The van der Waals surface area contributed by atoms with Crippen molar-refractivity contribution in [2.24, 2.45) is 0 Å². The van der Waals surface area contributed by atoms with E-state index in [2.05, 4.69) is 15.6 Å². The normalized spacial score (nSPS) is 11.7. The van der Waals surface area contributed by atoms with Gasteiger partial charge in [-0.2, -0.15) is 0 Å². The van der Waals surface area contributed by atoms with Crippen molar-refractivity contribution in [3.63, 3.8) is 0 Å². The van der Waals surface area contributed by atoms with Gasteiger partial charge in [0.15, 0.2) is 0 Å². The van der Waals surface area contributed by atoms with Crippen molar-refractivity contribution in [2.45, 2.75) is 6.04 Å². The van der Waals surface area contributed by atoms with Crippen molar-refractivity contribution in [3.05, 3.63) is 130 Å². The number of nitrogens with one attached hydrogen (secondary N) is 3. The van der Waals surface area contributed by atoms with Crippen molar-refractivity contribution in [3.8, 4) is 5.69 Å². The molecule has 0 fully saturated rings. The molecule has 0 aliphatic carbocycles. The van der Waals surface area contributed by atoms with E-state index in [-0.39, 0.29) is 5.56 Å². The lowest BCUT2D eigenvalue weighted by atomic mass is 10.1. The van der Waals surface area contributed by atoms with Gasteiger partial charge in [-0.25, -0.2) is 0 Å². The molecule has 0 bridgehead atoms. The van der Waals surface area contributed by atoms with Gasteiger partial charge in [0.05, 0.1) is 0 Å². The van der Waals surface area contributed by atoms with Gasteiger partial charge in [0.1, 0.15) is 11.7 Å². The van der Waals surface area contributed by atoms with Gasteiger partial charge in [0.25, 0.3) is 17.4 Å². The van der Waals surface area contributed by atoms with Gasteiger partial charge >= 0.3 is 0 Å². The maximum Gasteiger partial charge on any atom is 0.268 e. The van der Waals surface area contributed by atoms with E-state index in [1.165, 1.54) is 10.6 Å². The summed E-state index contributed by atoms with van der Waals surface area (Å²) < 4.78 is 1.51. The van der Waals surface area contributed by atoms with Crippen molar-refractivity contribution in [1.29, 1.82) is 0 Å². The average molecular weight is 497 g/mol. The fraction of sp³-hybridized carbons (Fsp3) is 0.0357. The van der Waals surface area contributed by atoms with Crippen molar-refractivity contribution in [2.75, 3.05) is 5.32 Å². The van der Waals surface area contributed by atoms with E-state index in [1.54, 1.807) is 91.1 Å². The Kier molecular flexibility index (Phi) is 6.38. The number of halogens is 1. The van der Waals surface area contributed by atoms with Crippen LogP contribution in [0.5, 0.6) is 0 Å². The van der Waals surface area contributed by atoms with Gasteiger partial charge < -0.3 is 15.6 Å². The average Bonchev–Trinajstić information content (AvgIpc) is 3.32. The Morgan fingerprint density at radius 1 is 0.861 bits per heavy atom. The van der Waals surface area contributed by atoms with Gasteiger partial charge in [-0.15, -0.1) is 0 Å². The van der Waals surface area contributed by atoms with E-state index in [0.29, 0.717) is 27.7 Å². The first-order valence-electron chi connectivity index (χ1n) is 11.2. The van der Waals surface area contributed by atoms with Crippen LogP contribution in [-0.4, -0.2) is 21.4 Å². The summed E-state index contributed by atoms with van der Waals surface area (Å²) >= 11 is 6.06. The monoisotopic (exact) mass is 496 g/mol. The van der Waals surface area contributed by atoms with E-state index in [0.717, 1.165) is 10.9 Å². The Hall–Kier alpha value is -4.62. The highest BCUT2D eigenvalue weighted by molar-refractivity contribution is 6.31. The molecule has 0 aliphatic heterocycles. The zero-order valence-electron chi connectivity index (χ0n) is 18.9. The van der Waals surface area contributed by atoms with Crippen LogP contribution >= 0.6 is 11.6 Å². The first-order valence-corrected chi connectivity index (χ1v) is 11.6. The molecule has 5 aromatic rings. The maximum absolute atomic E-state index is 13.3. The Balaban J connectivity index is 1.37. The number of anilines is 1. The standard InChI is InChI=1S/C28H21ClN4O3/c29-20-9-14-23-19(16-20)17-24(31-23)27(35)32-26(18-6-2-1-3-7-18)28(36)30-21-10-12-22(13-11-21)33-15-5-4-8-25(33)34/h1-17,26,31H,(H,30,36)(H,32,35). The van der Waals surface area contributed by atoms with Crippen LogP contribution < -0.4 is 16.2 Å². The summed E-state index contributed by atoms with van der Waals surface area (Å²) in [5.41, 5.74) is 2.77. The number of rotatable bonds is 6. The number of pyridine rings is 1. The third-order valence-electron chi connectivity index (χ3n) is 5.73. The first-order chi connectivity index (χ1) is 17.5. The number of fused-ring (bicyclic) bond motifs is 1. The molecule has 3 aromatic carbocycles.